The molecule has 0 bridgehead atoms. The van der Waals surface area contributed by atoms with Crippen LogP contribution in [0.5, 0.6) is 0 Å². The zero-order valence-electron chi connectivity index (χ0n) is 7.41. The zero-order valence-corrected chi connectivity index (χ0v) is 8.23. The molecule has 0 radical (unpaired) electrons. The van der Waals surface area contributed by atoms with Crippen LogP contribution in [0.15, 0.2) is 0 Å². The standard InChI is InChI=1S/C7H13NO4S/c1-12-2-3-13-5-6(9)8-4-7(10)11/h2-5H2,1H3,(H,8,9)(H,10,11). The lowest BCUT2D eigenvalue weighted by atomic mass is 10.6. The van der Waals surface area contributed by atoms with Gasteiger partial charge in [0.05, 0.1) is 12.4 Å². The summed E-state index contributed by atoms with van der Waals surface area (Å²) in [5.74, 6) is -0.285. The highest BCUT2D eigenvalue weighted by Crippen LogP contribution is 1.97. The Hall–Kier alpha value is -0.750. The first-order valence-corrected chi connectivity index (χ1v) is 4.87. The molecule has 0 atom stereocenters. The van der Waals surface area contributed by atoms with E-state index in [1.54, 1.807) is 7.11 Å². The minimum atomic E-state index is -1.03. The number of hydrogen-bond acceptors (Lipinski definition) is 4. The molecule has 0 rings (SSSR count). The summed E-state index contributed by atoms with van der Waals surface area (Å²) in [5, 5.41) is 10.5. The van der Waals surface area contributed by atoms with Crippen LogP contribution in [0.25, 0.3) is 0 Å². The molecular formula is C7H13NO4S. The molecule has 0 aromatic rings. The monoisotopic (exact) mass is 207 g/mol. The highest BCUT2D eigenvalue weighted by atomic mass is 32.2. The number of ether oxygens (including phenoxy) is 1. The van der Waals surface area contributed by atoms with Gasteiger partial charge in [-0.2, -0.15) is 0 Å². The van der Waals surface area contributed by atoms with E-state index in [0.717, 1.165) is 5.75 Å². The molecule has 0 aromatic heterocycles. The van der Waals surface area contributed by atoms with Crippen LogP contribution in [0, 0.1) is 0 Å². The molecule has 0 saturated carbocycles. The molecule has 13 heavy (non-hydrogen) atoms. The average molecular weight is 207 g/mol. The number of amides is 1. The molecule has 0 aliphatic carbocycles. The van der Waals surface area contributed by atoms with E-state index < -0.39 is 5.97 Å². The van der Waals surface area contributed by atoms with Crippen molar-refractivity contribution in [2.45, 2.75) is 0 Å². The van der Waals surface area contributed by atoms with Gasteiger partial charge in [-0.05, 0) is 0 Å². The quantitative estimate of drug-likeness (QED) is 0.554. The van der Waals surface area contributed by atoms with Crippen molar-refractivity contribution in [2.75, 3.05) is 31.8 Å². The summed E-state index contributed by atoms with van der Waals surface area (Å²) in [5.41, 5.74) is 0. The van der Waals surface area contributed by atoms with E-state index in [-0.39, 0.29) is 18.2 Å². The molecule has 0 unspecified atom stereocenters. The number of carbonyl (C=O) groups excluding carboxylic acids is 1. The van der Waals surface area contributed by atoms with Crippen molar-refractivity contribution in [2.24, 2.45) is 0 Å². The summed E-state index contributed by atoms with van der Waals surface area (Å²) in [6, 6.07) is 0. The summed E-state index contributed by atoms with van der Waals surface area (Å²) in [6.07, 6.45) is 0. The third-order valence-corrected chi connectivity index (χ3v) is 2.02. The van der Waals surface area contributed by atoms with Crippen molar-refractivity contribution in [3.05, 3.63) is 0 Å². The number of carboxylic acid groups (broad SMARTS) is 1. The largest absolute Gasteiger partial charge is 0.480 e. The number of aliphatic carboxylic acids is 1. The number of rotatable bonds is 7. The number of nitrogens with one attached hydrogen (secondary N) is 1. The lowest BCUT2D eigenvalue weighted by Crippen LogP contribution is -2.30. The van der Waals surface area contributed by atoms with Crippen LogP contribution >= 0.6 is 11.8 Å². The Bertz CT molecular complexity index is 174. The Morgan fingerprint density at radius 3 is 2.77 bits per heavy atom. The van der Waals surface area contributed by atoms with Crippen LogP contribution in [0.2, 0.25) is 0 Å². The van der Waals surface area contributed by atoms with Crippen LogP contribution in [0.4, 0.5) is 0 Å². The second-order valence-electron chi connectivity index (χ2n) is 2.22. The Morgan fingerprint density at radius 1 is 1.54 bits per heavy atom. The van der Waals surface area contributed by atoms with Crippen LogP contribution in [0.3, 0.4) is 0 Å². The first kappa shape index (κ1) is 12.2. The Labute approximate surface area is 80.8 Å². The molecule has 6 heteroatoms. The van der Waals surface area contributed by atoms with Crippen LogP contribution in [-0.4, -0.2) is 48.8 Å². The number of hydrogen-bond donors (Lipinski definition) is 2. The predicted molar refractivity (Wildman–Crippen MR) is 49.8 cm³/mol. The van der Waals surface area contributed by atoms with Crippen molar-refractivity contribution in [3.8, 4) is 0 Å². The minimum Gasteiger partial charge on any atom is -0.480 e. The lowest BCUT2D eigenvalue weighted by Gasteiger charge is -2.01. The van der Waals surface area contributed by atoms with Gasteiger partial charge in [-0.3, -0.25) is 9.59 Å². The normalized spacial score (nSPS) is 9.62. The van der Waals surface area contributed by atoms with E-state index in [2.05, 4.69) is 5.32 Å². The molecule has 0 spiro atoms. The first-order chi connectivity index (χ1) is 6.16. The predicted octanol–water partition coefficient (Wildman–Crippen LogP) is -0.433. The number of methoxy groups -OCH3 is 1. The molecule has 0 fully saturated rings. The first-order valence-electron chi connectivity index (χ1n) is 3.72. The van der Waals surface area contributed by atoms with Crippen LogP contribution in [-0.2, 0) is 14.3 Å². The lowest BCUT2D eigenvalue weighted by molar-refractivity contribution is -0.137. The van der Waals surface area contributed by atoms with Gasteiger partial charge >= 0.3 is 5.97 Å². The van der Waals surface area contributed by atoms with Gasteiger partial charge < -0.3 is 15.2 Å². The summed E-state index contributed by atoms with van der Waals surface area (Å²) in [7, 11) is 1.59. The smallest absolute Gasteiger partial charge is 0.322 e. The fraction of sp³-hybridized carbons (Fsp3) is 0.714. The van der Waals surface area contributed by atoms with Gasteiger partial charge in [-0.25, -0.2) is 0 Å². The van der Waals surface area contributed by atoms with E-state index in [0.29, 0.717) is 6.61 Å². The molecule has 5 nitrogen and oxygen atoms in total. The third kappa shape index (κ3) is 9.16. The maximum atomic E-state index is 10.9. The van der Waals surface area contributed by atoms with Gasteiger partial charge in [0, 0.05) is 12.9 Å². The third-order valence-electron chi connectivity index (χ3n) is 1.10. The topological polar surface area (TPSA) is 75.6 Å². The van der Waals surface area contributed by atoms with Crippen molar-refractivity contribution in [3.63, 3.8) is 0 Å². The number of carboxylic acids is 1. The van der Waals surface area contributed by atoms with E-state index >= 15 is 0 Å². The highest BCUT2D eigenvalue weighted by molar-refractivity contribution is 7.99. The number of thioether (sulfide) groups is 1. The fourth-order valence-electron chi connectivity index (χ4n) is 0.532. The molecule has 0 aliphatic rings. The molecule has 0 aromatic carbocycles. The summed E-state index contributed by atoms with van der Waals surface area (Å²) >= 11 is 1.41. The van der Waals surface area contributed by atoms with E-state index in [1.807, 2.05) is 0 Å². The van der Waals surface area contributed by atoms with Gasteiger partial charge in [0.25, 0.3) is 0 Å². The Kier molecular flexibility index (Phi) is 7.42. The minimum absolute atomic E-state index is 0.261. The molecule has 0 aliphatic heterocycles. The Morgan fingerprint density at radius 2 is 2.23 bits per heavy atom. The van der Waals surface area contributed by atoms with Crippen molar-refractivity contribution >= 4 is 23.6 Å². The van der Waals surface area contributed by atoms with Crippen molar-refractivity contribution in [1.82, 2.24) is 5.32 Å². The van der Waals surface area contributed by atoms with Gasteiger partial charge in [0.15, 0.2) is 0 Å². The summed E-state index contributed by atoms with van der Waals surface area (Å²) in [6.45, 7) is 0.278. The molecule has 2 N–H and O–H groups in total. The average Bonchev–Trinajstić information content (AvgIpc) is 2.09. The maximum Gasteiger partial charge on any atom is 0.322 e. The fourth-order valence-corrected chi connectivity index (χ4v) is 1.25. The molecule has 0 saturated heterocycles. The number of carbonyl (C=O) groups is 2. The second kappa shape index (κ2) is 7.88. The van der Waals surface area contributed by atoms with E-state index in [9.17, 15) is 9.59 Å². The van der Waals surface area contributed by atoms with Gasteiger partial charge in [0.1, 0.15) is 6.54 Å². The van der Waals surface area contributed by atoms with Crippen LogP contribution < -0.4 is 5.32 Å². The second-order valence-corrected chi connectivity index (χ2v) is 3.32. The van der Waals surface area contributed by atoms with Crippen molar-refractivity contribution in [1.29, 1.82) is 0 Å². The summed E-state index contributed by atoms with van der Waals surface area (Å²) in [4.78, 5) is 20.9. The van der Waals surface area contributed by atoms with E-state index in [1.165, 1.54) is 11.8 Å². The van der Waals surface area contributed by atoms with Gasteiger partial charge in [-0.1, -0.05) is 0 Å². The zero-order chi connectivity index (χ0) is 10.1. The summed E-state index contributed by atoms with van der Waals surface area (Å²) < 4.78 is 4.78. The SMILES string of the molecule is COCCSCC(=O)NCC(=O)O. The molecule has 0 heterocycles. The highest BCUT2D eigenvalue weighted by Gasteiger charge is 2.02. The van der Waals surface area contributed by atoms with E-state index in [4.69, 9.17) is 9.84 Å². The van der Waals surface area contributed by atoms with Crippen LogP contribution in [0.1, 0.15) is 0 Å². The molecular weight excluding hydrogens is 194 g/mol. The Balaban J connectivity index is 3.25. The van der Waals surface area contributed by atoms with Gasteiger partial charge in [0.2, 0.25) is 5.91 Å². The molecule has 76 valence electrons. The maximum absolute atomic E-state index is 10.9. The van der Waals surface area contributed by atoms with Gasteiger partial charge in [-0.15, -0.1) is 11.8 Å². The van der Waals surface area contributed by atoms with Crippen molar-refractivity contribution < 1.29 is 19.4 Å². The molecule has 1 amide bonds.